The minimum atomic E-state index is -1.33. The summed E-state index contributed by atoms with van der Waals surface area (Å²) in [5, 5.41) is 0. The normalized spacial score (nSPS) is 26.2. The molecule has 0 bridgehead atoms. The topological polar surface area (TPSA) is 53.2 Å². The average Bonchev–Trinajstić information content (AvgIpc) is 3.19. The predicted molar refractivity (Wildman–Crippen MR) is 74.3 cm³/mol. The highest BCUT2D eigenvalue weighted by Gasteiger charge is 2.72. The number of benzene rings is 1. The Morgan fingerprint density at radius 1 is 1.43 bits per heavy atom. The van der Waals surface area contributed by atoms with E-state index in [1.807, 2.05) is 13.8 Å². The first-order valence-electron chi connectivity index (χ1n) is 7.02. The standard InChI is InChI=1S/C15H17FN2O3/c1-4-18(5-2)13(19)12-15(21-12)10-8-9(16)6-7-11(10)17(3)14(15)20/h6-8,12H,4-5H2,1-3H3. The highest BCUT2D eigenvalue weighted by Crippen LogP contribution is 2.56. The summed E-state index contributed by atoms with van der Waals surface area (Å²) in [6, 6.07) is 4.12. The summed E-state index contributed by atoms with van der Waals surface area (Å²) >= 11 is 0. The van der Waals surface area contributed by atoms with Gasteiger partial charge in [0.2, 0.25) is 5.60 Å². The first-order valence-corrected chi connectivity index (χ1v) is 7.02. The molecule has 2 unspecified atom stereocenters. The van der Waals surface area contributed by atoms with Crippen LogP contribution < -0.4 is 4.90 Å². The third-order valence-corrected chi connectivity index (χ3v) is 4.26. The lowest BCUT2D eigenvalue weighted by atomic mass is 9.96. The molecular weight excluding hydrogens is 275 g/mol. The summed E-state index contributed by atoms with van der Waals surface area (Å²) in [6.45, 7) is 4.83. The third-order valence-electron chi connectivity index (χ3n) is 4.26. The Bertz CT molecular complexity index is 629. The molecule has 0 aliphatic carbocycles. The molecule has 1 saturated heterocycles. The van der Waals surface area contributed by atoms with Gasteiger partial charge in [0.05, 0.1) is 5.69 Å². The fourth-order valence-corrected chi connectivity index (χ4v) is 3.02. The van der Waals surface area contributed by atoms with Crippen LogP contribution in [0, 0.1) is 5.82 Å². The molecule has 112 valence electrons. The maximum Gasteiger partial charge on any atom is 0.267 e. The molecule has 2 heterocycles. The van der Waals surface area contributed by atoms with E-state index < -0.39 is 17.5 Å². The van der Waals surface area contributed by atoms with Gasteiger partial charge in [0.25, 0.3) is 11.8 Å². The van der Waals surface area contributed by atoms with E-state index in [-0.39, 0.29) is 11.8 Å². The number of likely N-dealkylation sites (N-methyl/N-ethyl adjacent to an activating group) is 2. The fourth-order valence-electron chi connectivity index (χ4n) is 3.02. The number of nitrogens with zero attached hydrogens (tertiary/aromatic N) is 2. The maximum atomic E-state index is 13.5. The molecule has 1 aromatic carbocycles. The van der Waals surface area contributed by atoms with Crippen LogP contribution in [0.1, 0.15) is 19.4 Å². The zero-order chi connectivity index (χ0) is 15.4. The van der Waals surface area contributed by atoms with Gasteiger partial charge in [-0.3, -0.25) is 9.59 Å². The molecule has 0 aromatic heterocycles. The minimum absolute atomic E-state index is 0.223. The largest absolute Gasteiger partial charge is 0.341 e. The van der Waals surface area contributed by atoms with Crippen LogP contribution in [0.2, 0.25) is 0 Å². The molecule has 21 heavy (non-hydrogen) atoms. The second kappa shape index (κ2) is 4.53. The summed E-state index contributed by atoms with van der Waals surface area (Å²) in [5.41, 5.74) is -0.289. The second-order valence-corrected chi connectivity index (χ2v) is 5.27. The van der Waals surface area contributed by atoms with E-state index in [2.05, 4.69) is 0 Å². The van der Waals surface area contributed by atoms with Crippen LogP contribution in [-0.4, -0.2) is 43.0 Å². The van der Waals surface area contributed by atoms with Crippen LogP contribution >= 0.6 is 0 Å². The van der Waals surface area contributed by atoms with Crippen LogP contribution in [0.25, 0.3) is 0 Å². The van der Waals surface area contributed by atoms with Crippen molar-refractivity contribution in [2.75, 3.05) is 25.0 Å². The van der Waals surface area contributed by atoms with Gasteiger partial charge in [0, 0.05) is 25.7 Å². The molecule has 0 N–H and O–H groups in total. The van der Waals surface area contributed by atoms with Crippen molar-refractivity contribution in [3.8, 4) is 0 Å². The van der Waals surface area contributed by atoms with E-state index in [4.69, 9.17) is 4.74 Å². The highest BCUT2D eigenvalue weighted by atomic mass is 19.1. The van der Waals surface area contributed by atoms with Crippen LogP contribution in [0.15, 0.2) is 18.2 Å². The number of hydrogen-bond acceptors (Lipinski definition) is 3. The van der Waals surface area contributed by atoms with Gasteiger partial charge in [-0.15, -0.1) is 0 Å². The summed E-state index contributed by atoms with van der Waals surface area (Å²) < 4.78 is 19.1. The average molecular weight is 292 g/mol. The SMILES string of the molecule is CCN(CC)C(=O)C1OC12C(=O)N(C)c1ccc(F)cc12. The number of ether oxygens (including phenoxy) is 1. The predicted octanol–water partition coefficient (Wildman–Crippen LogP) is 1.26. The van der Waals surface area contributed by atoms with E-state index in [0.29, 0.717) is 24.3 Å². The summed E-state index contributed by atoms with van der Waals surface area (Å²) in [5.74, 6) is -0.978. The van der Waals surface area contributed by atoms with Crippen molar-refractivity contribution >= 4 is 17.5 Å². The number of carbonyl (C=O) groups is 2. The summed E-state index contributed by atoms with van der Waals surface area (Å²) in [6.07, 6.45) is -0.851. The quantitative estimate of drug-likeness (QED) is 0.788. The molecular formula is C15H17FN2O3. The first-order chi connectivity index (χ1) is 9.97. The lowest BCUT2D eigenvalue weighted by Crippen LogP contribution is -2.39. The molecule has 0 saturated carbocycles. The fraction of sp³-hybridized carbons (Fsp3) is 0.467. The van der Waals surface area contributed by atoms with Crippen molar-refractivity contribution in [2.24, 2.45) is 0 Å². The Kier molecular flexibility index (Phi) is 3.02. The molecule has 2 amide bonds. The van der Waals surface area contributed by atoms with Gasteiger partial charge in [0.1, 0.15) is 5.82 Å². The van der Waals surface area contributed by atoms with Crippen LogP contribution in [0.4, 0.5) is 10.1 Å². The van der Waals surface area contributed by atoms with Crippen LogP contribution in [0.5, 0.6) is 0 Å². The van der Waals surface area contributed by atoms with E-state index in [0.717, 1.165) is 0 Å². The molecule has 2 aliphatic rings. The van der Waals surface area contributed by atoms with Gasteiger partial charge in [-0.05, 0) is 32.0 Å². The van der Waals surface area contributed by atoms with Gasteiger partial charge in [-0.25, -0.2) is 4.39 Å². The Morgan fingerprint density at radius 2 is 2.10 bits per heavy atom. The Balaban J connectivity index is 2.00. The number of halogens is 1. The van der Waals surface area contributed by atoms with E-state index in [1.165, 1.54) is 23.1 Å². The van der Waals surface area contributed by atoms with Gasteiger partial charge in [-0.1, -0.05) is 0 Å². The Morgan fingerprint density at radius 3 is 2.71 bits per heavy atom. The smallest absolute Gasteiger partial charge is 0.267 e. The molecule has 1 spiro atoms. The Labute approximate surface area is 122 Å². The summed E-state index contributed by atoms with van der Waals surface area (Å²) in [4.78, 5) is 27.9. The number of epoxide rings is 1. The van der Waals surface area contributed by atoms with Gasteiger partial charge in [-0.2, -0.15) is 0 Å². The van der Waals surface area contributed by atoms with Crippen molar-refractivity contribution in [1.82, 2.24) is 4.90 Å². The van der Waals surface area contributed by atoms with Gasteiger partial charge in [0.15, 0.2) is 6.10 Å². The van der Waals surface area contributed by atoms with Crippen molar-refractivity contribution in [1.29, 1.82) is 0 Å². The molecule has 2 aliphatic heterocycles. The molecule has 6 heteroatoms. The van der Waals surface area contributed by atoms with Gasteiger partial charge >= 0.3 is 0 Å². The molecule has 5 nitrogen and oxygen atoms in total. The second-order valence-electron chi connectivity index (χ2n) is 5.27. The molecule has 1 aromatic rings. The monoisotopic (exact) mass is 292 g/mol. The number of fused-ring (bicyclic) bond motifs is 2. The number of anilines is 1. The zero-order valence-corrected chi connectivity index (χ0v) is 12.2. The highest BCUT2D eigenvalue weighted by molar-refractivity contribution is 6.12. The third kappa shape index (κ3) is 1.72. The van der Waals surface area contributed by atoms with Crippen molar-refractivity contribution in [3.05, 3.63) is 29.6 Å². The molecule has 1 fully saturated rings. The number of carbonyl (C=O) groups excluding carboxylic acids is 2. The van der Waals surface area contributed by atoms with Crippen molar-refractivity contribution in [2.45, 2.75) is 25.6 Å². The number of rotatable bonds is 3. The number of hydrogen-bond donors (Lipinski definition) is 0. The van der Waals surface area contributed by atoms with Crippen molar-refractivity contribution < 1.29 is 18.7 Å². The molecule has 0 radical (unpaired) electrons. The first kappa shape index (κ1) is 14.0. The zero-order valence-electron chi connectivity index (χ0n) is 12.2. The van der Waals surface area contributed by atoms with Crippen LogP contribution in [0.3, 0.4) is 0 Å². The maximum absolute atomic E-state index is 13.5. The van der Waals surface area contributed by atoms with E-state index in [1.54, 1.807) is 11.9 Å². The van der Waals surface area contributed by atoms with Gasteiger partial charge < -0.3 is 14.5 Å². The lowest BCUT2D eigenvalue weighted by molar-refractivity contribution is -0.132. The Hall–Kier alpha value is -1.95. The molecule has 3 rings (SSSR count). The van der Waals surface area contributed by atoms with E-state index in [9.17, 15) is 14.0 Å². The number of amides is 2. The van der Waals surface area contributed by atoms with Crippen molar-refractivity contribution in [3.63, 3.8) is 0 Å². The minimum Gasteiger partial charge on any atom is -0.341 e. The van der Waals surface area contributed by atoms with E-state index >= 15 is 0 Å². The molecule has 2 atom stereocenters. The lowest BCUT2D eigenvalue weighted by Gasteiger charge is -2.17. The van der Waals surface area contributed by atoms with Crippen LogP contribution in [-0.2, 0) is 19.9 Å². The summed E-state index contributed by atoms with van der Waals surface area (Å²) in [7, 11) is 1.61.